The molecule has 4 rings (SSSR count). The van der Waals surface area contributed by atoms with Crippen LogP contribution in [0.1, 0.15) is 27.9 Å². The van der Waals surface area contributed by atoms with Gasteiger partial charge in [0.1, 0.15) is 11.5 Å². The van der Waals surface area contributed by atoms with Crippen molar-refractivity contribution in [2.45, 2.75) is 25.9 Å². The zero-order valence-corrected chi connectivity index (χ0v) is 13.0. The highest BCUT2D eigenvalue weighted by Gasteiger charge is 2.42. The third-order valence-corrected chi connectivity index (χ3v) is 5.13. The van der Waals surface area contributed by atoms with Crippen LogP contribution in [0.3, 0.4) is 0 Å². The SMILES string of the molecule is Cc1c2c(c(O)c3c(O)cccc13)C(=O)C1C(=CC(=O)CC1O)C2. The van der Waals surface area contributed by atoms with E-state index >= 15 is 0 Å². The Labute approximate surface area is 137 Å². The number of aliphatic hydroxyl groups is 1. The number of carbonyl (C=O) groups excluding carboxylic acids is 2. The van der Waals surface area contributed by atoms with E-state index in [4.69, 9.17) is 0 Å². The van der Waals surface area contributed by atoms with Gasteiger partial charge in [0.25, 0.3) is 0 Å². The van der Waals surface area contributed by atoms with Crippen molar-refractivity contribution in [3.8, 4) is 11.5 Å². The molecule has 2 aromatic rings. The van der Waals surface area contributed by atoms with Gasteiger partial charge in [0.2, 0.25) is 0 Å². The van der Waals surface area contributed by atoms with Gasteiger partial charge >= 0.3 is 0 Å². The lowest BCUT2D eigenvalue weighted by Crippen LogP contribution is -2.39. The normalized spacial score (nSPS) is 23.0. The molecule has 0 aromatic heterocycles. The van der Waals surface area contributed by atoms with Gasteiger partial charge in [-0.3, -0.25) is 9.59 Å². The summed E-state index contributed by atoms with van der Waals surface area (Å²) < 4.78 is 0. The Morgan fingerprint density at radius 2 is 1.92 bits per heavy atom. The van der Waals surface area contributed by atoms with Gasteiger partial charge in [-0.15, -0.1) is 0 Å². The van der Waals surface area contributed by atoms with Crippen LogP contribution in [0, 0.1) is 12.8 Å². The molecular formula is C19H16O5. The van der Waals surface area contributed by atoms with Gasteiger partial charge in [0.05, 0.1) is 23.0 Å². The summed E-state index contributed by atoms with van der Waals surface area (Å²) >= 11 is 0. The maximum Gasteiger partial charge on any atom is 0.176 e. The van der Waals surface area contributed by atoms with Gasteiger partial charge in [0, 0.05) is 6.42 Å². The molecule has 2 aromatic carbocycles. The van der Waals surface area contributed by atoms with Crippen LogP contribution < -0.4 is 0 Å². The number of hydrogen-bond donors (Lipinski definition) is 3. The van der Waals surface area contributed by atoms with Gasteiger partial charge in [-0.25, -0.2) is 0 Å². The number of rotatable bonds is 0. The van der Waals surface area contributed by atoms with Gasteiger partial charge in [-0.1, -0.05) is 12.1 Å². The number of ketones is 2. The molecule has 122 valence electrons. The molecule has 0 heterocycles. The zero-order valence-electron chi connectivity index (χ0n) is 13.0. The second kappa shape index (κ2) is 4.92. The molecule has 5 heteroatoms. The summed E-state index contributed by atoms with van der Waals surface area (Å²) in [5, 5.41) is 31.9. The average molecular weight is 324 g/mol. The molecule has 5 nitrogen and oxygen atoms in total. The molecule has 0 bridgehead atoms. The van der Waals surface area contributed by atoms with E-state index in [9.17, 15) is 24.9 Å². The Kier molecular flexibility index (Phi) is 3.05. The molecule has 0 saturated heterocycles. The first-order valence-electron chi connectivity index (χ1n) is 7.81. The number of aryl methyl sites for hydroxylation is 1. The lowest BCUT2D eigenvalue weighted by molar-refractivity contribution is -0.117. The van der Waals surface area contributed by atoms with Crippen molar-refractivity contribution in [1.29, 1.82) is 0 Å². The van der Waals surface area contributed by atoms with Crippen molar-refractivity contribution in [2.75, 3.05) is 0 Å². The summed E-state index contributed by atoms with van der Waals surface area (Å²) in [7, 11) is 0. The molecule has 24 heavy (non-hydrogen) atoms. The predicted octanol–water partition coefficient (Wildman–Crippen LogP) is 2.17. The number of aromatic hydroxyl groups is 2. The second-order valence-corrected chi connectivity index (χ2v) is 6.50. The number of fused-ring (bicyclic) bond motifs is 3. The molecule has 0 aliphatic heterocycles. The lowest BCUT2D eigenvalue weighted by atomic mass is 9.70. The van der Waals surface area contributed by atoms with Crippen molar-refractivity contribution in [2.24, 2.45) is 5.92 Å². The number of carbonyl (C=O) groups is 2. The van der Waals surface area contributed by atoms with Crippen LogP contribution in [0.2, 0.25) is 0 Å². The number of hydrogen-bond acceptors (Lipinski definition) is 5. The monoisotopic (exact) mass is 324 g/mol. The fourth-order valence-electron chi connectivity index (χ4n) is 4.00. The number of phenols is 2. The number of phenolic OH excluding ortho intramolecular Hbond substituents is 2. The molecule has 0 fully saturated rings. The fourth-order valence-corrected chi connectivity index (χ4v) is 4.00. The smallest absolute Gasteiger partial charge is 0.176 e. The third kappa shape index (κ3) is 1.85. The van der Waals surface area contributed by atoms with Gasteiger partial charge < -0.3 is 15.3 Å². The highest BCUT2D eigenvalue weighted by atomic mass is 16.3. The molecule has 3 N–H and O–H groups in total. The van der Waals surface area contributed by atoms with Crippen LogP contribution in [0.4, 0.5) is 0 Å². The molecular weight excluding hydrogens is 308 g/mol. The molecule has 0 radical (unpaired) electrons. The van der Waals surface area contributed by atoms with Gasteiger partial charge in [-0.2, -0.15) is 0 Å². The minimum Gasteiger partial charge on any atom is -0.507 e. The van der Waals surface area contributed by atoms with E-state index in [1.807, 2.05) is 6.92 Å². The van der Waals surface area contributed by atoms with E-state index in [1.165, 1.54) is 12.1 Å². The zero-order chi connectivity index (χ0) is 17.2. The van der Waals surface area contributed by atoms with Crippen LogP contribution in [0.25, 0.3) is 10.8 Å². The number of allylic oxidation sites excluding steroid dienone is 1. The Morgan fingerprint density at radius 1 is 1.17 bits per heavy atom. The third-order valence-electron chi connectivity index (χ3n) is 5.13. The average Bonchev–Trinajstić information content (AvgIpc) is 2.51. The molecule has 0 spiro atoms. The van der Waals surface area contributed by atoms with Crippen LogP contribution in [0.15, 0.2) is 29.8 Å². The number of benzene rings is 2. The maximum absolute atomic E-state index is 12.9. The number of Topliss-reactive ketones (excluding diaryl/α,β-unsaturated/α-hetero) is 1. The summed E-state index contributed by atoms with van der Waals surface area (Å²) in [5.74, 6) is -1.73. The largest absolute Gasteiger partial charge is 0.507 e. The van der Waals surface area contributed by atoms with Crippen molar-refractivity contribution < 1.29 is 24.9 Å². The van der Waals surface area contributed by atoms with Crippen LogP contribution in [-0.4, -0.2) is 33.0 Å². The first kappa shape index (κ1) is 14.9. The van der Waals surface area contributed by atoms with E-state index in [0.717, 1.165) is 5.56 Å². The van der Waals surface area contributed by atoms with E-state index in [-0.39, 0.29) is 34.7 Å². The molecule has 0 amide bonds. The molecule has 2 atom stereocenters. The van der Waals surface area contributed by atoms with E-state index < -0.39 is 17.8 Å². The molecule has 2 aliphatic carbocycles. The summed E-state index contributed by atoms with van der Waals surface area (Å²) in [5.41, 5.74) is 2.18. The lowest BCUT2D eigenvalue weighted by Gasteiger charge is -2.34. The summed E-state index contributed by atoms with van der Waals surface area (Å²) in [6, 6.07) is 4.91. The van der Waals surface area contributed by atoms with Crippen LogP contribution >= 0.6 is 0 Å². The summed E-state index contributed by atoms with van der Waals surface area (Å²) in [4.78, 5) is 24.7. The highest BCUT2D eigenvalue weighted by molar-refractivity contribution is 6.13. The van der Waals surface area contributed by atoms with Crippen LogP contribution in [0.5, 0.6) is 11.5 Å². The van der Waals surface area contributed by atoms with Crippen molar-refractivity contribution in [3.05, 3.63) is 46.5 Å². The molecule has 2 aliphatic rings. The Hall–Kier alpha value is -2.66. The van der Waals surface area contributed by atoms with E-state index in [1.54, 1.807) is 12.1 Å². The predicted molar refractivity (Wildman–Crippen MR) is 87.3 cm³/mol. The fraction of sp³-hybridized carbons (Fsp3) is 0.263. The van der Waals surface area contributed by atoms with Crippen molar-refractivity contribution in [1.82, 2.24) is 0 Å². The summed E-state index contributed by atoms with van der Waals surface area (Å²) in [6.45, 7) is 1.83. The van der Waals surface area contributed by atoms with Gasteiger partial charge in [0.15, 0.2) is 11.6 Å². The summed E-state index contributed by atoms with van der Waals surface area (Å²) in [6.07, 6.45) is 0.618. The van der Waals surface area contributed by atoms with Crippen LogP contribution in [-0.2, 0) is 11.2 Å². The van der Waals surface area contributed by atoms with Crippen molar-refractivity contribution in [3.63, 3.8) is 0 Å². The molecule has 2 unspecified atom stereocenters. The second-order valence-electron chi connectivity index (χ2n) is 6.50. The van der Waals surface area contributed by atoms with E-state index in [2.05, 4.69) is 0 Å². The minimum atomic E-state index is -1.07. The topological polar surface area (TPSA) is 94.8 Å². The maximum atomic E-state index is 12.9. The highest BCUT2D eigenvalue weighted by Crippen LogP contribution is 2.46. The van der Waals surface area contributed by atoms with Crippen molar-refractivity contribution >= 4 is 22.3 Å². The molecule has 0 saturated carbocycles. The Morgan fingerprint density at radius 3 is 2.67 bits per heavy atom. The first-order valence-corrected chi connectivity index (χ1v) is 7.81. The number of aliphatic hydroxyl groups excluding tert-OH is 1. The first-order chi connectivity index (χ1) is 11.4. The Bertz CT molecular complexity index is 954. The quantitative estimate of drug-likeness (QED) is 0.690. The minimum absolute atomic E-state index is 0.0895. The van der Waals surface area contributed by atoms with E-state index in [0.29, 0.717) is 22.9 Å². The standard InChI is InChI=1S/C19H16O5/c1-8-11-3-2-4-13(21)16(11)19(24)17-12(8)6-9-5-10(20)7-14(22)15(9)18(17)23/h2-5,14-15,21-22,24H,6-7H2,1H3. The Balaban J connectivity index is 2.06. The van der Waals surface area contributed by atoms with Gasteiger partial charge in [-0.05, 0) is 47.6 Å².